The third-order valence-electron chi connectivity index (χ3n) is 2.24. The highest BCUT2D eigenvalue weighted by Crippen LogP contribution is 2.11. The summed E-state index contributed by atoms with van der Waals surface area (Å²) in [5.41, 5.74) is 0. The van der Waals surface area contributed by atoms with E-state index in [0.29, 0.717) is 18.3 Å². The van der Waals surface area contributed by atoms with Crippen LogP contribution in [-0.2, 0) is 17.8 Å². The number of hydrogen-bond donors (Lipinski definition) is 1. The van der Waals surface area contributed by atoms with E-state index in [-0.39, 0.29) is 18.7 Å². The Morgan fingerprint density at radius 2 is 2.16 bits per heavy atom. The van der Waals surface area contributed by atoms with Gasteiger partial charge in [-0.15, -0.1) is 0 Å². The quantitative estimate of drug-likeness (QED) is 0.814. The zero-order valence-corrected chi connectivity index (χ0v) is 10.9. The molecule has 0 aliphatic carbocycles. The van der Waals surface area contributed by atoms with E-state index >= 15 is 0 Å². The number of hydrogen-bond acceptors (Lipinski definition) is 4. The molecule has 0 aliphatic heterocycles. The van der Waals surface area contributed by atoms with E-state index in [4.69, 9.17) is 0 Å². The second-order valence-corrected chi connectivity index (χ2v) is 4.69. The van der Waals surface area contributed by atoms with Gasteiger partial charge in [0, 0.05) is 6.54 Å². The van der Waals surface area contributed by atoms with Crippen LogP contribution >= 0.6 is 0 Å². The summed E-state index contributed by atoms with van der Waals surface area (Å²) < 4.78 is 37.3. The zero-order valence-electron chi connectivity index (χ0n) is 10.9. The van der Waals surface area contributed by atoms with Crippen LogP contribution < -0.4 is 5.32 Å². The monoisotopic (exact) mass is 278 g/mol. The third-order valence-corrected chi connectivity index (χ3v) is 2.24. The third kappa shape index (κ3) is 6.32. The van der Waals surface area contributed by atoms with Gasteiger partial charge in [0.25, 0.3) is 0 Å². The molecule has 0 saturated heterocycles. The first-order valence-corrected chi connectivity index (χ1v) is 5.94. The number of alkyl halides is 3. The molecule has 1 rings (SSSR count). The van der Waals surface area contributed by atoms with Gasteiger partial charge in [-0.1, -0.05) is 13.8 Å². The van der Waals surface area contributed by atoms with Gasteiger partial charge in [-0.2, -0.15) is 18.3 Å². The van der Waals surface area contributed by atoms with Gasteiger partial charge in [-0.25, -0.2) is 9.67 Å². The van der Waals surface area contributed by atoms with Crippen LogP contribution in [0.15, 0.2) is 6.33 Å². The summed E-state index contributed by atoms with van der Waals surface area (Å²) in [6.07, 6.45) is -2.98. The van der Waals surface area contributed by atoms with E-state index in [1.165, 1.54) is 6.33 Å². The van der Waals surface area contributed by atoms with Crippen molar-refractivity contribution >= 4 is 5.78 Å². The van der Waals surface area contributed by atoms with Crippen LogP contribution in [0.4, 0.5) is 13.2 Å². The van der Waals surface area contributed by atoms with Crippen LogP contribution in [0.3, 0.4) is 0 Å². The minimum atomic E-state index is -4.31. The topological polar surface area (TPSA) is 59.8 Å². The molecule has 1 aromatic heterocycles. The number of carbonyl (C=O) groups is 1. The summed E-state index contributed by atoms with van der Waals surface area (Å²) in [7, 11) is 0. The fourth-order valence-electron chi connectivity index (χ4n) is 1.51. The van der Waals surface area contributed by atoms with Gasteiger partial charge in [0.15, 0.2) is 5.78 Å². The van der Waals surface area contributed by atoms with Gasteiger partial charge in [-0.3, -0.25) is 4.79 Å². The molecule has 0 aliphatic rings. The summed E-state index contributed by atoms with van der Waals surface area (Å²) >= 11 is 0. The largest absolute Gasteiger partial charge is 0.401 e. The Balaban J connectivity index is 2.42. The lowest BCUT2D eigenvalue weighted by Gasteiger charge is -2.09. The molecule has 19 heavy (non-hydrogen) atoms. The molecule has 0 atom stereocenters. The second-order valence-electron chi connectivity index (χ2n) is 4.69. The summed E-state index contributed by atoms with van der Waals surface area (Å²) in [5.74, 6) is 0.480. The van der Waals surface area contributed by atoms with Crippen LogP contribution in [0.25, 0.3) is 0 Å². The summed E-state index contributed by atoms with van der Waals surface area (Å²) in [4.78, 5) is 15.5. The molecule has 0 saturated carbocycles. The fraction of sp³-hybridized carbons (Fsp3) is 0.727. The van der Waals surface area contributed by atoms with Crippen molar-refractivity contribution in [2.24, 2.45) is 5.92 Å². The van der Waals surface area contributed by atoms with Crippen molar-refractivity contribution in [3.05, 3.63) is 12.2 Å². The Bertz CT molecular complexity index is 414. The molecular formula is C11H17F3N4O. The highest BCUT2D eigenvalue weighted by atomic mass is 19.4. The lowest BCUT2D eigenvalue weighted by Crippen LogP contribution is -2.33. The van der Waals surface area contributed by atoms with E-state index in [1.54, 1.807) is 4.68 Å². The Labute approximate surface area is 109 Å². The van der Waals surface area contributed by atoms with Crippen molar-refractivity contribution < 1.29 is 18.0 Å². The average Bonchev–Trinajstić information content (AvgIpc) is 2.62. The second kappa shape index (κ2) is 6.65. The molecule has 0 bridgehead atoms. The van der Waals surface area contributed by atoms with Crippen LogP contribution in [-0.4, -0.2) is 39.8 Å². The lowest BCUT2D eigenvalue weighted by atomic mass is 10.2. The van der Waals surface area contributed by atoms with E-state index in [2.05, 4.69) is 15.4 Å². The van der Waals surface area contributed by atoms with Crippen molar-refractivity contribution in [2.75, 3.05) is 13.1 Å². The van der Waals surface area contributed by atoms with Gasteiger partial charge >= 0.3 is 6.18 Å². The molecule has 108 valence electrons. The first-order valence-electron chi connectivity index (χ1n) is 5.94. The number of Topliss-reactive ketones (excluding diaryl/α,β-unsaturated/α-hetero) is 1. The number of carbonyl (C=O) groups excluding carboxylic acids is 1. The van der Waals surface area contributed by atoms with Crippen LogP contribution in [0.5, 0.6) is 0 Å². The zero-order chi connectivity index (χ0) is 14.5. The molecule has 0 amide bonds. The molecular weight excluding hydrogens is 261 g/mol. The van der Waals surface area contributed by atoms with Crippen molar-refractivity contribution in [3.8, 4) is 0 Å². The van der Waals surface area contributed by atoms with Gasteiger partial charge in [0.1, 0.15) is 12.2 Å². The number of aromatic nitrogens is 3. The number of rotatable bonds is 7. The maximum absolute atomic E-state index is 11.9. The van der Waals surface area contributed by atoms with Crippen molar-refractivity contribution in [2.45, 2.75) is 33.0 Å². The molecule has 1 heterocycles. The average molecular weight is 278 g/mol. The molecule has 1 aromatic rings. The maximum atomic E-state index is 11.9. The predicted octanol–water partition coefficient (Wildman–Crippen LogP) is 1.20. The van der Waals surface area contributed by atoms with Crippen LogP contribution in [0.2, 0.25) is 0 Å². The normalized spacial score (nSPS) is 12.1. The lowest BCUT2D eigenvalue weighted by molar-refractivity contribution is -0.127. The predicted molar refractivity (Wildman–Crippen MR) is 62.5 cm³/mol. The van der Waals surface area contributed by atoms with E-state index < -0.39 is 12.7 Å². The fourth-order valence-corrected chi connectivity index (χ4v) is 1.51. The molecule has 0 radical (unpaired) electrons. The molecule has 0 unspecified atom stereocenters. The Morgan fingerprint density at radius 1 is 1.47 bits per heavy atom. The first kappa shape index (κ1) is 15.6. The van der Waals surface area contributed by atoms with Gasteiger partial charge in [0.2, 0.25) is 0 Å². The SMILES string of the molecule is CC(C)Cn1ncnc1CC(=O)CNCC(F)(F)F. The summed E-state index contributed by atoms with van der Waals surface area (Å²) in [6, 6.07) is 0. The van der Waals surface area contributed by atoms with Crippen molar-refractivity contribution in [1.82, 2.24) is 20.1 Å². The molecule has 0 aromatic carbocycles. The van der Waals surface area contributed by atoms with E-state index in [9.17, 15) is 18.0 Å². The maximum Gasteiger partial charge on any atom is 0.401 e. The Morgan fingerprint density at radius 3 is 2.74 bits per heavy atom. The molecule has 0 spiro atoms. The summed E-state index contributed by atoms with van der Waals surface area (Å²) in [6.45, 7) is 3.13. The smallest absolute Gasteiger partial charge is 0.302 e. The van der Waals surface area contributed by atoms with Gasteiger partial charge < -0.3 is 5.32 Å². The molecule has 5 nitrogen and oxygen atoms in total. The molecule has 0 fully saturated rings. The van der Waals surface area contributed by atoms with Crippen LogP contribution in [0.1, 0.15) is 19.7 Å². The molecule has 8 heteroatoms. The minimum Gasteiger partial charge on any atom is -0.302 e. The molecule has 1 N–H and O–H groups in total. The van der Waals surface area contributed by atoms with E-state index in [1.807, 2.05) is 13.8 Å². The van der Waals surface area contributed by atoms with Crippen molar-refractivity contribution in [1.29, 1.82) is 0 Å². The van der Waals surface area contributed by atoms with Crippen molar-refractivity contribution in [3.63, 3.8) is 0 Å². The highest BCUT2D eigenvalue weighted by Gasteiger charge is 2.26. The van der Waals surface area contributed by atoms with E-state index in [0.717, 1.165) is 0 Å². The minimum absolute atomic E-state index is 0.0163. The standard InChI is InChI=1S/C11H17F3N4O/c1-8(2)5-18-10(16-7-17-18)3-9(19)4-15-6-11(12,13)14/h7-8,15H,3-6H2,1-2H3. The number of nitrogens with one attached hydrogen (secondary N) is 1. The highest BCUT2D eigenvalue weighted by molar-refractivity contribution is 5.82. The number of nitrogens with zero attached hydrogens (tertiary/aromatic N) is 3. The van der Waals surface area contributed by atoms with Crippen LogP contribution in [0, 0.1) is 5.92 Å². The van der Waals surface area contributed by atoms with Gasteiger partial charge in [-0.05, 0) is 5.92 Å². The first-order chi connectivity index (χ1) is 8.78. The Kier molecular flexibility index (Phi) is 5.46. The summed E-state index contributed by atoms with van der Waals surface area (Å²) in [5, 5.41) is 6.05. The Hall–Kier alpha value is -1.44. The number of ketones is 1. The van der Waals surface area contributed by atoms with Gasteiger partial charge in [0.05, 0.1) is 19.5 Å². The number of halogens is 3.